The number of benzene rings is 1. The van der Waals surface area contributed by atoms with E-state index in [4.69, 9.17) is 10.5 Å². The summed E-state index contributed by atoms with van der Waals surface area (Å²) in [6.07, 6.45) is 0. The molecule has 0 aliphatic rings. The number of rotatable bonds is 4. The van der Waals surface area contributed by atoms with Crippen LogP contribution in [-0.4, -0.2) is 17.8 Å². The largest absolute Gasteiger partial charge is 0.465 e. The van der Waals surface area contributed by atoms with Gasteiger partial charge in [0, 0.05) is 10.6 Å². The van der Waals surface area contributed by atoms with Gasteiger partial charge in [0.05, 0.1) is 6.61 Å². The highest BCUT2D eigenvalue weighted by Gasteiger charge is 2.14. The lowest BCUT2D eigenvalue weighted by Gasteiger charge is -2.09. The van der Waals surface area contributed by atoms with E-state index in [1.165, 1.54) is 11.8 Å². The molecule has 0 aromatic heterocycles. The lowest BCUT2D eigenvalue weighted by Crippen LogP contribution is -2.16. The first-order valence-electron chi connectivity index (χ1n) is 4.82. The smallest absolute Gasteiger partial charge is 0.319 e. The molecule has 0 spiro atoms. The molecule has 1 aromatic rings. The molecule has 0 aliphatic heterocycles. The van der Waals surface area contributed by atoms with Crippen molar-refractivity contribution in [2.45, 2.75) is 24.0 Å². The molecule has 4 heteroatoms. The number of nitrogen functional groups attached to an aromatic ring is 1. The van der Waals surface area contributed by atoms with Crippen molar-refractivity contribution in [2.24, 2.45) is 0 Å². The van der Waals surface area contributed by atoms with E-state index in [1.54, 1.807) is 6.92 Å². The van der Waals surface area contributed by atoms with Crippen LogP contribution in [0, 0.1) is 0 Å². The Morgan fingerprint density at radius 2 is 2.07 bits per heavy atom. The molecule has 1 rings (SSSR count). The minimum Gasteiger partial charge on any atom is -0.465 e. The van der Waals surface area contributed by atoms with Gasteiger partial charge in [-0.3, -0.25) is 4.79 Å². The lowest BCUT2D eigenvalue weighted by molar-refractivity contribution is -0.142. The second kappa shape index (κ2) is 5.66. The number of hydrogen-bond acceptors (Lipinski definition) is 4. The molecule has 2 N–H and O–H groups in total. The number of ether oxygens (including phenoxy) is 1. The van der Waals surface area contributed by atoms with E-state index in [-0.39, 0.29) is 11.2 Å². The van der Waals surface area contributed by atoms with Crippen LogP contribution in [0.1, 0.15) is 13.8 Å². The molecule has 1 atom stereocenters. The molecule has 1 unspecified atom stereocenters. The minimum atomic E-state index is -0.187. The maximum Gasteiger partial charge on any atom is 0.319 e. The molecule has 0 radical (unpaired) electrons. The number of thioether (sulfide) groups is 1. The third-order valence-corrected chi connectivity index (χ3v) is 2.90. The zero-order chi connectivity index (χ0) is 11.3. The van der Waals surface area contributed by atoms with E-state index in [2.05, 4.69) is 0 Å². The van der Waals surface area contributed by atoms with Crippen molar-refractivity contribution in [3.05, 3.63) is 24.3 Å². The Labute approximate surface area is 94.0 Å². The Morgan fingerprint density at radius 1 is 1.47 bits per heavy atom. The van der Waals surface area contributed by atoms with Gasteiger partial charge >= 0.3 is 5.97 Å². The second-order valence-corrected chi connectivity index (χ2v) is 4.50. The molecule has 0 aliphatic carbocycles. The van der Waals surface area contributed by atoms with Gasteiger partial charge < -0.3 is 10.5 Å². The summed E-state index contributed by atoms with van der Waals surface area (Å²) in [7, 11) is 0. The third-order valence-electron chi connectivity index (χ3n) is 1.81. The van der Waals surface area contributed by atoms with Crippen molar-refractivity contribution in [1.82, 2.24) is 0 Å². The van der Waals surface area contributed by atoms with E-state index in [1.807, 2.05) is 31.2 Å². The first kappa shape index (κ1) is 11.9. The van der Waals surface area contributed by atoms with Crippen LogP contribution in [0.15, 0.2) is 29.2 Å². The minimum absolute atomic E-state index is 0.181. The van der Waals surface area contributed by atoms with Crippen LogP contribution < -0.4 is 5.73 Å². The summed E-state index contributed by atoms with van der Waals surface area (Å²) in [5.41, 5.74) is 6.29. The summed E-state index contributed by atoms with van der Waals surface area (Å²) in [5, 5.41) is -0.187. The van der Waals surface area contributed by atoms with E-state index in [0.29, 0.717) is 6.61 Å². The molecular weight excluding hydrogens is 210 g/mol. The van der Waals surface area contributed by atoms with Crippen LogP contribution in [-0.2, 0) is 9.53 Å². The maximum absolute atomic E-state index is 11.3. The second-order valence-electron chi connectivity index (χ2n) is 3.08. The van der Waals surface area contributed by atoms with Crippen molar-refractivity contribution in [3.8, 4) is 0 Å². The summed E-state index contributed by atoms with van der Waals surface area (Å²) in [5.74, 6) is -0.181. The quantitative estimate of drug-likeness (QED) is 0.485. The molecule has 0 amide bonds. The highest BCUT2D eigenvalue weighted by Crippen LogP contribution is 2.24. The van der Waals surface area contributed by atoms with Crippen molar-refractivity contribution < 1.29 is 9.53 Å². The van der Waals surface area contributed by atoms with Crippen LogP contribution in [0.4, 0.5) is 5.69 Å². The highest BCUT2D eigenvalue weighted by atomic mass is 32.2. The fourth-order valence-electron chi connectivity index (χ4n) is 1.06. The van der Waals surface area contributed by atoms with E-state index in [0.717, 1.165) is 10.6 Å². The fraction of sp³-hybridized carbons (Fsp3) is 0.364. The average molecular weight is 225 g/mol. The first-order valence-corrected chi connectivity index (χ1v) is 5.70. The Morgan fingerprint density at radius 3 is 2.60 bits per heavy atom. The van der Waals surface area contributed by atoms with Gasteiger partial charge in [-0.2, -0.15) is 0 Å². The number of esters is 1. The molecule has 0 bridgehead atoms. The maximum atomic E-state index is 11.3. The summed E-state index contributed by atoms with van der Waals surface area (Å²) in [6.45, 7) is 4.06. The molecule has 0 fully saturated rings. The molecule has 0 saturated heterocycles. The van der Waals surface area contributed by atoms with Crippen LogP contribution in [0.3, 0.4) is 0 Å². The first-order chi connectivity index (χ1) is 7.13. The number of nitrogens with two attached hydrogens (primary N) is 1. The van der Waals surface area contributed by atoms with Crippen LogP contribution in [0.2, 0.25) is 0 Å². The molecular formula is C11H15NO2S. The van der Waals surface area contributed by atoms with Crippen molar-refractivity contribution in [2.75, 3.05) is 12.3 Å². The molecule has 0 saturated carbocycles. The zero-order valence-corrected chi connectivity index (χ0v) is 9.71. The highest BCUT2D eigenvalue weighted by molar-refractivity contribution is 8.00. The number of anilines is 1. The molecule has 15 heavy (non-hydrogen) atoms. The van der Waals surface area contributed by atoms with Gasteiger partial charge in [0.15, 0.2) is 0 Å². The molecule has 0 heterocycles. The lowest BCUT2D eigenvalue weighted by atomic mass is 10.3. The fourth-order valence-corrected chi connectivity index (χ4v) is 1.92. The van der Waals surface area contributed by atoms with Crippen molar-refractivity contribution in [3.63, 3.8) is 0 Å². The van der Waals surface area contributed by atoms with Crippen LogP contribution in [0.25, 0.3) is 0 Å². The van der Waals surface area contributed by atoms with E-state index >= 15 is 0 Å². The average Bonchev–Trinajstić information content (AvgIpc) is 2.22. The summed E-state index contributed by atoms with van der Waals surface area (Å²) >= 11 is 1.47. The summed E-state index contributed by atoms with van der Waals surface area (Å²) < 4.78 is 4.92. The van der Waals surface area contributed by atoms with Crippen LogP contribution in [0.5, 0.6) is 0 Å². The predicted molar refractivity (Wildman–Crippen MR) is 62.8 cm³/mol. The van der Waals surface area contributed by atoms with Crippen LogP contribution >= 0.6 is 11.8 Å². The normalized spacial score (nSPS) is 12.1. The zero-order valence-electron chi connectivity index (χ0n) is 8.90. The third kappa shape index (κ3) is 3.83. The predicted octanol–water partition coefficient (Wildman–Crippen LogP) is 2.31. The Bertz CT molecular complexity index is 324. The van der Waals surface area contributed by atoms with Crippen molar-refractivity contribution >= 4 is 23.4 Å². The molecule has 1 aromatic carbocycles. The Kier molecular flexibility index (Phi) is 4.49. The number of carbonyl (C=O) groups excluding carboxylic acids is 1. The van der Waals surface area contributed by atoms with E-state index < -0.39 is 0 Å². The SMILES string of the molecule is CCOC(=O)C(C)Sc1ccc(N)cc1. The summed E-state index contributed by atoms with van der Waals surface area (Å²) in [6, 6.07) is 7.44. The topological polar surface area (TPSA) is 52.3 Å². The van der Waals surface area contributed by atoms with Gasteiger partial charge in [-0.1, -0.05) is 0 Å². The number of hydrogen-bond donors (Lipinski definition) is 1. The molecule has 82 valence electrons. The van der Waals surface area contributed by atoms with Gasteiger partial charge in [0.25, 0.3) is 0 Å². The number of carbonyl (C=O) groups is 1. The Hall–Kier alpha value is -1.16. The van der Waals surface area contributed by atoms with Gasteiger partial charge in [0.2, 0.25) is 0 Å². The van der Waals surface area contributed by atoms with Gasteiger partial charge in [-0.05, 0) is 38.1 Å². The van der Waals surface area contributed by atoms with Gasteiger partial charge in [-0.15, -0.1) is 11.8 Å². The standard InChI is InChI=1S/C11H15NO2S/c1-3-14-11(13)8(2)15-10-6-4-9(12)5-7-10/h4-8H,3,12H2,1-2H3. The Balaban J connectivity index is 2.54. The van der Waals surface area contributed by atoms with Crippen molar-refractivity contribution in [1.29, 1.82) is 0 Å². The molecule has 3 nitrogen and oxygen atoms in total. The monoisotopic (exact) mass is 225 g/mol. The summed E-state index contributed by atoms with van der Waals surface area (Å²) in [4.78, 5) is 12.4. The van der Waals surface area contributed by atoms with E-state index in [9.17, 15) is 4.79 Å². The van der Waals surface area contributed by atoms with Gasteiger partial charge in [0.1, 0.15) is 5.25 Å². The van der Waals surface area contributed by atoms with Gasteiger partial charge in [-0.25, -0.2) is 0 Å².